The molecule has 2 rings (SSSR count). The first kappa shape index (κ1) is 20.0. The van der Waals surface area contributed by atoms with Crippen molar-refractivity contribution in [2.45, 2.75) is 38.3 Å². The number of carbonyl (C=O) groups is 3. The first-order chi connectivity index (χ1) is 12.5. The molecule has 2 amide bonds. The number of amides is 2. The number of hydrogen-bond acceptors (Lipinski definition) is 5. The van der Waals surface area contributed by atoms with Gasteiger partial charge in [-0.3, -0.25) is 14.4 Å². The van der Waals surface area contributed by atoms with Crippen LogP contribution < -0.4 is 10.6 Å². The maximum Gasteiger partial charge on any atom is 0.305 e. The van der Waals surface area contributed by atoms with Gasteiger partial charge in [0.2, 0.25) is 5.91 Å². The second-order valence-electron chi connectivity index (χ2n) is 6.01. The van der Waals surface area contributed by atoms with Gasteiger partial charge in [0.25, 0.3) is 5.91 Å². The van der Waals surface area contributed by atoms with E-state index in [-0.39, 0.29) is 29.9 Å². The predicted molar refractivity (Wildman–Crippen MR) is 102 cm³/mol. The lowest BCUT2D eigenvalue weighted by molar-refractivity contribution is -0.140. The van der Waals surface area contributed by atoms with E-state index in [1.165, 1.54) is 14.0 Å². The lowest BCUT2D eigenvalue weighted by atomic mass is 10.1. The zero-order valence-corrected chi connectivity index (χ0v) is 15.8. The lowest BCUT2D eigenvalue weighted by Crippen LogP contribution is -2.50. The van der Waals surface area contributed by atoms with Crippen molar-refractivity contribution in [1.29, 1.82) is 0 Å². The summed E-state index contributed by atoms with van der Waals surface area (Å²) < 4.78 is 4.63. The van der Waals surface area contributed by atoms with Crippen molar-refractivity contribution < 1.29 is 19.1 Å². The fourth-order valence-corrected chi connectivity index (χ4v) is 3.99. The van der Waals surface area contributed by atoms with Crippen LogP contribution in [0.4, 0.5) is 0 Å². The highest BCUT2D eigenvalue weighted by Gasteiger charge is 2.34. The Balaban J connectivity index is 1.99. The summed E-state index contributed by atoms with van der Waals surface area (Å²) in [5, 5.41) is 5.93. The SMILES string of the molecule is COC(=O)CCCC=C1SC[C@@H](NC(=O)c2ccccc2)[C@H]1NC(C)=O. The van der Waals surface area contributed by atoms with Crippen molar-refractivity contribution in [1.82, 2.24) is 10.6 Å². The number of unbranched alkanes of at least 4 members (excludes halogenated alkanes) is 1. The van der Waals surface area contributed by atoms with E-state index < -0.39 is 0 Å². The molecule has 2 N–H and O–H groups in total. The molecule has 0 bridgehead atoms. The Kier molecular flexibility index (Phi) is 7.72. The second kappa shape index (κ2) is 10.0. The number of methoxy groups -OCH3 is 1. The molecule has 0 aliphatic carbocycles. The number of nitrogens with one attached hydrogen (secondary N) is 2. The number of hydrogen-bond donors (Lipinski definition) is 2. The van der Waals surface area contributed by atoms with Gasteiger partial charge >= 0.3 is 5.97 Å². The number of carbonyl (C=O) groups excluding carboxylic acids is 3. The van der Waals surface area contributed by atoms with Gasteiger partial charge in [0.1, 0.15) is 0 Å². The van der Waals surface area contributed by atoms with Crippen LogP contribution in [0.2, 0.25) is 0 Å². The van der Waals surface area contributed by atoms with Crippen molar-refractivity contribution in [3.8, 4) is 0 Å². The minimum absolute atomic E-state index is 0.142. The van der Waals surface area contributed by atoms with Crippen molar-refractivity contribution >= 4 is 29.5 Å². The maximum absolute atomic E-state index is 12.4. The highest BCUT2D eigenvalue weighted by Crippen LogP contribution is 2.32. The minimum Gasteiger partial charge on any atom is -0.469 e. The molecule has 140 valence electrons. The van der Waals surface area contributed by atoms with Crippen LogP contribution in [-0.2, 0) is 14.3 Å². The molecule has 26 heavy (non-hydrogen) atoms. The van der Waals surface area contributed by atoms with Crippen LogP contribution in [0.1, 0.15) is 36.5 Å². The number of esters is 1. The van der Waals surface area contributed by atoms with Crippen LogP contribution in [-0.4, -0.2) is 42.7 Å². The molecular weight excluding hydrogens is 352 g/mol. The zero-order valence-electron chi connectivity index (χ0n) is 15.0. The van der Waals surface area contributed by atoms with Gasteiger partial charge in [-0.15, -0.1) is 11.8 Å². The summed E-state index contributed by atoms with van der Waals surface area (Å²) in [6, 6.07) is 8.58. The molecule has 0 aromatic heterocycles. The molecule has 1 aromatic carbocycles. The van der Waals surface area contributed by atoms with Gasteiger partial charge in [-0.2, -0.15) is 0 Å². The molecule has 1 fully saturated rings. The predicted octanol–water partition coefficient (Wildman–Crippen LogP) is 2.26. The monoisotopic (exact) mass is 376 g/mol. The third-order valence-electron chi connectivity index (χ3n) is 4.01. The van der Waals surface area contributed by atoms with Crippen LogP contribution in [0.15, 0.2) is 41.3 Å². The fraction of sp³-hybridized carbons (Fsp3) is 0.421. The van der Waals surface area contributed by atoms with E-state index in [2.05, 4.69) is 15.4 Å². The molecule has 1 aliphatic rings. The summed E-state index contributed by atoms with van der Waals surface area (Å²) >= 11 is 1.62. The average molecular weight is 376 g/mol. The van der Waals surface area contributed by atoms with E-state index in [1.807, 2.05) is 24.3 Å². The lowest BCUT2D eigenvalue weighted by Gasteiger charge is -2.22. The molecule has 0 saturated carbocycles. The van der Waals surface area contributed by atoms with E-state index in [4.69, 9.17) is 0 Å². The Hall–Kier alpha value is -2.28. The molecule has 1 saturated heterocycles. The van der Waals surface area contributed by atoms with Crippen LogP contribution in [0.3, 0.4) is 0 Å². The van der Waals surface area contributed by atoms with Gasteiger partial charge in [0, 0.05) is 29.6 Å². The van der Waals surface area contributed by atoms with E-state index in [1.54, 1.807) is 23.9 Å². The van der Waals surface area contributed by atoms with Crippen LogP contribution in [0.25, 0.3) is 0 Å². The van der Waals surface area contributed by atoms with Crippen molar-refractivity contribution in [3.05, 3.63) is 46.9 Å². The van der Waals surface area contributed by atoms with Gasteiger partial charge in [-0.25, -0.2) is 0 Å². The third kappa shape index (κ3) is 5.91. The Morgan fingerprint density at radius 3 is 2.62 bits per heavy atom. The summed E-state index contributed by atoms with van der Waals surface area (Å²) in [6.45, 7) is 1.47. The number of benzene rings is 1. The van der Waals surface area contributed by atoms with Gasteiger partial charge in [0.05, 0.1) is 19.2 Å². The molecule has 6 nitrogen and oxygen atoms in total. The quantitative estimate of drug-likeness (QED) is 0.563. The van der Waals surface area contributed by atoms with Crippen LogP contribution in [0, 0.1) is 0 Å². The Morgan fingerprint density at radius 2 is 1.96 bits per heavy atom. The van der Waals surface area contributed by atoms with Crippen LogP contribution >= 0.6 is 11.8 Å². The topological polar surface area (TPSA) is 84.5 Å². The molecule has 0 radical (unpaired) electrons. The zero-order chi connectivity index (χ0) is 18.9. The summed E-state index contributed by atoms with van der Waals surface area (Å²) in [5.41, 5.74) is 0.592. The average Bonchev–Trinajstić information content (AvgIpc) is 3.00. The van der Waals surface area contributed by atoms with E-state index in [0.29, 0.717) is 30.6 Å². The third-order valence-corrected chi connectivity index (χ3v) is 5.29. The van der Waals surface area contributed by atoms with E-state index in [0.717, 1.165) is 4.91 Å². The summed E-state index contributed by atoms with van der Waals surface area (Å²) in [6.07, 6.45) is 3.80. The smallest absolute Gasteiger partial charge is 0.305 e. The molecule has 0 spiro atoms. The minimum atomic E-state index is -0.247. The van der Waals surface area contributed by atoms with E-state index in [9.17, 15) is 14.4 Å². The summed E-state index contributed by atoms with van der Waals surface area (Å²) in [7, 11) is 1.38. The highest BCUT2D eigenvalue weighted by atomic mass is 32.2. The molecule has 1 aromatic rings. The summed E-state index contributed by atoms with van der Waals surface area (Å²) in [5.74, 6) is 0.163. The first-order valence-corrected chi connectivity index (χ1v) is 9.52. The number of allylic oxidation sites excluding steroid dienone is 1. The van der Waals surface area contributed by atoms with Crippen molar-refractivity contribution in [3.63, 3.8) is 0 Å². The van der Waals surface area contributed by atoms with Crippen molar-refractivity contribution in [2.75, 3.05) is 12.9 Å². The molecule has 1 aliphatic heterocycles. The number of ether oxygens (including phenoxy) is 1. The van der Waals surface area contributed by atoms with Gasteiger partial charge in [0.15, 0.2) is 0 Å². The van der Waals surface area contributed by atoms with E-state index >= 15 is 0 Å². The molecule has 1 heterocycles. The molecule has 7 heteroatoms. The first-order valence-electron chi connectivity index (χ1n) is 8.54. The van der Waals surface area contributed by atoms with Crippen LogP contribution in [0.5, 0.6) is 0 Å². The van der Waals surface area contributed by atoms with Gasteiger partial charge < -0.3 is 15.4 Å². The highest BCUT2D eigenvalue weighted by molar-refractivity contribution is 8.03. The molecular formula is C19H24N2O4S. The number of rotatable bonds is 7. The molecule has 0 unspecified atom stereocenters. The Morgan fingerprint density at radius 1 is 1.23 bits per heavy atom. The van der Waals surface area contributed by atoms with Crippen molar-refractivity contribution in [2.24, 2.45) is 0 Å². The summed E-state index contributed by atoms with van der Waals surface area (Å²) in [4.78, 5) is 36.2. The largest absolute Gasteiger partial charge is 0.469 e. The molecule has 2 atom stereocenters. The van der Waals surface area contributed by atoms with Gasteiger partial charge in [-0.1, -0.05) is 24.3 Å². The maximum atomic E-state index is 12.4. The van der Waals surface area contributed by atoms with Gasteiger partial charge in [-0.05, 0) is 25.0 Å². The second-order valence-corrected chi connectivity index (χ2v) is 7.10. The standard InChI is InChI=1S/C19H24N2O4S/c1-13(22)20-18-15(21-19(24)14-8-4-3-5-9-14)12-26-16(18)10-6-7-11-17(23)25-2/h3-5,8-10,15,18H,6-7,11-12H2,1-2H3,(H,20,22)(H,21,24)/t15-,18-/m1/s1. The Labute approximate surface area is 157 Å². The normalized spacial score (nSPS) is 20.6. The Bertz CT molecular complexity index is 675. The fourth-order valence-electron chi connectivity index (χ4n) is 2.71. The number of thioether (sulfide) groups is 1.